The molecule has 1 aliphatic rings. The molecule has 0 aromatic carbocycles. The lowest BCUT2D eigenvalue weighted by atomic mass is 10.1. The zero-order valence-corrected chi connectivity index (χ0v) is 13.2. The van der Waals surface area contributed by atoms with Gasteiger partial charge in [0.15, 0.2) is 0 Å². The van der Waals surface area contributed by atoms with E-state index in [1.54, 1.807) is 6.20 Å². The van der Waals surface area contributed by atoms with E-state index < -0.39 is 0 Å². The van der Waals surface area contributed by atoms with Gasteiger partial charge in [-0.2, -0.15) is 0 Å². The van der Waals surface area contributed by atoms with Crippen LogP contribution < -0.4 is 0 Å². The molecule has 1 heterocycles. The first kappa shape index (κ1) is 14.5. The number of aromatic nitrogens is 1. The Morgan fingerprint density at radius 1 is 1.42 bits per heavy atom. The van der Waals surface area contributed by atoms with Crippen molar-refractivity contribution in [2.45, 2.75) is 45.6 Å². The van der Waals surface area contributed by atoms with E-state index in [0.717, 1.165) is 24.0 Å². The fourth-order valence-corrected chi connectivity index (χ4v) is 2.91. The summed E-state index contributed by atoms with van der Waals surface area (Å²) in [6.07, 6.45) is 6.43. The van der Waals surface area contributed by atoms with Crippen molar-refractivity contribution in [3.63, 3.8) is 0 Å². The van der Waals surface area contributed by atoms with Crippen LogP contribution in [-0.2, 0) is 0 Å². The molecular formula is C15H21BrN2O. The molecule has 3 nitrogen and oxygen atoms in total. The van der Waals surface area contributed by atoms with Crippen LogP contribution in [-0.4, -0.2) is 28.4 Å². The van der Waals surface area contributed by atoms with Crippen LogP contribution in [0.4, 0.5) is 0 Å². The molecule has 0 saturated heterocycles. The van der Waals surface area contributed by atoms with Crippen LogP contribution in [0.25, 0.3) is 0 Å². The molecule has 1 amide bonds. The van der Waals surface area contributed by atoms with Gasteiger partial charge >= 0.3 is 0 Å². The maximum Gasteiger partial charge on any atom is 0.255 e. The Bertz CT molecular complexity index is 424. The molecule has 0 radical (unpaired) electrons. The molecule has 1 fully saturated rings. The number of amides is 1. The van der Waals surface area contributed by atoms with Crippen molar-refractivity contribution in [2.75, 3.05) is 6.54 Å². The van der Waals surface area contributed by atoms with Crippen LogP contribution in [0.5, 0.6) is 0 Å². The van der Waals surface area contributed by atoms with Gasteiger partial charge in [-0.3, -0.25) is 4.79 Å². The standard InChI is InChI=1S/C15H21BrN2O/c1-11(2)10-18(13-5-3-4-6-13)15(19)12-7-8-14(16)17-9-12/h7-9,11,13H,3-6,10H2,1-2H3. The lowest BCUT2D eigenvalue weighted by molar-refractivity contribution is 0.0655. The summed E-state index contributed by atoms with van der Waals surface area (Å²) in [5.74, 6) is 0.619. The minimum absolute atomic E-state index is 0.126. The summed E-state index contributed by atoms with van der Waals surface area (Å²) in [7, 11) is 0. The number of hydrogen-bond acceptors (Lipinski definition) is 2. The normalized spacial score (nSPS) is 16.0. The van der Waals surface area contributed by atoms with Crippen molar-refractivity contribution < 1.29 is 4.79 Å². The molecule has 1 aliphatic carbocycles. The smallest absolute Gasteiger partial charge is 0.255 e. The fraction of sp³-hybridized carbons (Fsp3) is 0.600. The Morgan fingerprint density at radius 3 is 2.63 bits per heavy atom. The number of hydrogen-bond donors (Lipinski definition) is 0. The molecule has 0 spiro atoms. The van der Waals surface area contributed by atoms with E-state index in [1.807, 2.05) is 12.1 Å². The van der Waals surface area contributed by atoms with Crippen LogP contribution in [0.15, 0.2) is 22.9 Å². The predicted molar refractivity (Wildman–Crippen MR) is 80.1 cm³/mol. The fourth-order valence-electron chi connectivity index (χ4n) is 2.68. The number of carbonyl (C=O) groups is 1. The van der Waals surface area contributed by atoms with Crippen molar-refractivity contribution in [1.82, 2.24) is 9.88 Å². The summed E-state index contributed by atoms with van der Waals surface area (Å²) in [6.45, 7) is 5.16. The molecule has 0 unspecified atom stereocenters. The molecule has 4 heteroatoms. The molecule has 2 rings (SSSR count). The average molecular weight is 325 g/mol. The number of pyridine rings is 1. The van der Waals surface area contributed by atoms with Crippen molar-refractivity contribution in [3.05, 3.63) is 28.5 Å². The van der Waals surface area contributed by atoms with E-state index >= 15 is 0 Å². The number of carbonyl (C=O) groups excluding carboxylic acids is 1. The minimum atomic E-state index is 0.126. The first-order valence-electron chi connectivity index (χ1n) is 7.00. The first-order chi connectivity index (χ1) is 9.08. The Balaban J connectivity index is 2.16. The summed E-state index contributed by atoms with van der Waals surface area (Å²) >= 11 is 3.30. The maximum absolute atomic E-state index is 12.6. The maximum atomic E-state index is 12.6. The molecule has 19 heavy (non-hydrogen) atoms. The lowest BCUT2D eigenvalue weighted by Crippen LogP contribution is -2.41. The zero-order chi connectivity index (χ0) is 13.8. The van der Waals surface area contributed by atoms with Gasteiger partial charge in [-0.15, -0.1) is 0 Å². The average Bonchev–Trinajstić information content (AvgIpc) is 2.89. The van der Waals surface area contributed by atoms with Crippen LogP contribution in [0.2, 0.25) is 0 Å². The van der Waals surface area contributed by atoms with Crippen LogP contribution in [0.1, 0.15) is 49.9 Å². The number of rotatable bonds is 4. The monoisotopic (exact) mass is 324 g/mol. The summed E-state index contributed by atoms with van der Waals surface area (Å²) < 4.78 is 0.764. The third kappa shape index (κ3) is 3.78. The molecule has 1 aromatic heterocycles. The largest absolute Gasteiger partial charge is 0.335 e. The molecule has 0 aliphatic heterocycles. The Labute approximate surface area is 123 Å². The van der Waals surface area contributed by atoms with E-state index in [4.69, 9.17) is 0 Å². The van der Waals surface area contributed by atoms with Gasteiger partial charge in [0.2, 0.25) is 0 Å². The predicted octanol–water partition coefficient (Wildman–Crippen LogP) is 3.88. The molecular weight excluding hydrogens is 304 g/mol. The second-order valence-corrected chi connectivity index (χ2v) is 6.47. The Hall–Kier alpha value is -0.900. The second-order valence-electron chi connectivity index (χ2n) is 5.66. The van der Waals surface area contributed by atoms with Gasteiger partial charge in [-0.25, -0.2) is 4.98 Å². The van der Waals surface area contributed by atoms with Crippen molar-refractivity contribution in [1.29, 1.82) is 0 Å². The van der Waals surface area contributed by atoms with E-state index in [1.165, 1.54) is 12.8 Å². The minimum Gasteiger partial charge on any atom is -0.335 e. The summed E-state index contributed by atoms with van der Waals surface area (Å²) in [5.41, 5.74) is 0.691. The van der Waals surface area contributed by atoms with Gasteiger partial charge in [-0.05, 0) is 46.8 Å². The summed E-state index contributed by atoms with van der Waals surface area (Å²) in [5, 5.41) is 0. The van der Waals surface area contributed by atoms with E-state index in [9.17, 15) is 4.79 Å². The third-order valence-corrected chi connectivity index (χ3v) is 4.03. The third-order valence-electron chi connectivity index (χ3n) is 3.56. The van der Waals surface area contributed by atoms with Gasteiger partial charge < -0.3 is 4.90 Å². The SMILES string of the molecule is CC(C)CN(C(=O)c1ccc(Br)nc1)C1CCCC1. The lowest BCUT2D eigenvalue weighted by Gasteiger charge is -2.30. The van der Waals surface area contributed by atoms with Gasteiger partial charge in [0.05, 0.1) is 5.56 Å². The van der Waals surface area contributed by atoms with E-state index in [-0.39, 0.29) is 5.91 Å². The molecule has 1 aromatic rings. The topological polar surface area (TPSA) is 33.2 Å². The molecule has 104 valence electrons. The molecule has 0 bridgehead atoms. The van der Waals surface area contributed by atoms with Crippen molar-refractivity contribution in [3.8, 4) is 0 Å². The van der Waals surface area contributed by atoms with Crippen LogP contribution >= 0.6 is 15.9 Å². The molecule has 0 atom stereocenters. The number of halogens is 1. The van der Waals surface area contributed by atoms with Gasteiger partial charge in [0, 0.05) is 18.8 Å². The number of nitrogens with zero attached hydrogens (tertiary/aromatic N) is 2. The zero-order valence-electron chi connectivity index (χ0n) is 11.6. The summed E-state index contributed by atoms with van der Waals surface area (Å²) in [6, 6.07) is 4.09. The second kappa shape index (κ2) is 6.51. The van der Waals surface area contributed by atoms with E-state index in [0.29, 0.717) is 17.5 Å². The van der Waals surface area contributed by atoms with Gasteiger partial charge in [0.1, 0.15) is 4.60 Å². The Morgan fingerprint density at radius 2 is 2.11 bits per heavy atom. The first-order valence-corrected chi connectivity index (χ1v) is 7.79. The highest BCUT2D eigenvalue weighted by Gasteiger charge is 2.27. The molecule has 1 saturated carbocycles. The Kier molecular flexibility index (Phi) is 4.97. The summed E-state index contributed by atoms with van der Waals surface area (Å²) in [4.78, 5) is 18.9. The van der Waals surface area contributed by atoms with Crippen LogP contribution in [0, 0.1) is 5.92 Å². The quantitative estimate of drug-likeness (QED) is 0.787. The van der Waals surface area contributed by atoms with Gasteiger partial charge in [-0.1, -0.05) is 26.7 Å². The van der Waals surface area contributed by atoms with Crippen molar-refractivity contribution in [2.24, 2.45) is 5.92 Å². The van der Waals surface area contributed by atoms with E-state index in [2.05, 4.69) is 39.7 Å². The van der Waals surface area contributed by atoms with Crippen molar-refractivity contribution >= 4 is 21.8 Å². The molecule has 0 N–H and O–H groups in total. The van der Waals surface area contributed by atoms with Gasteiger partial charge in [0.25, 0.3) is 5.91 Å². The highest BCUT2D eigenvalue weighted by Crippen LogP contribution is 2.25. The highest BCUT2D eigenvalue weighted by molar-refractivity contribution is 9.10. The highest BCUT2D eigenvalue weighted by atomic mass is 79.9. The van der Waals surface area contributed by atoms with Crippen LogP contribution in [0.3, 0.4) is 0 Å².